The lowest BCUT2D eigenvalue weighted by atomic mass is 9.88. The maximum atomic E-state index is 14.1. The molecule has 0 bridgehead atoms. The van der Waals surface area contributed by atoms with Crippen LogP contribution in [-0.4, -0.2) is 59.6 Å². The smallest absolute Gasteiger partial charge is 0.324 e. The zero-order chi connectivity index (χ0) is 27.5. The highest BCUT2D eigenvalue weighted by Crippen LogP contribution is 2.49. The van der Waals surface area contributed by atoms with Gasteiger partial charge in [-0.3, -0.25) is 19.3 Å². The van der Waals surface area contributed by atoms with Gasteiger partial charge < -0.3 is 18.9 Å². The van der Waals surface area contributed by atoms with Crippen molar-refractivity contribution in [2.24, 2.45) is 11.8 Å². The fourth-order valence-corrected chi connectivity index (χ4v) is 6.22. The van der Waals surface area contributed by atoms with Gasteiger partial charge in [-0.1, -0.05) is 48.0 Å². The number of esters is 1. The van der Waals surface area contributed by atoms with Crippen molar-refractivity contribution in [3.05, 3.63) is 77.6 Å². The minimum atomic E-state index is -0.977. The normalized spacial score (nSPS) is 31.2. The van der Waals surface area contributed by atoms with Gasteiger partial charge in [0, 0.05) is 6.54 Å². The number of anilines is 1. The van der Waals surface area contributed by atoms with Crippen LogP contribution in [0, 0.1) is 18.8 Å². The maximum Gasteiger partial charge on any atom is 0.324 e. The number of hydrogen-bond donors (Lipinski definition) is 0. The minimum absolute atomic E-state index is 0.153. The first kappa shape index (κ1) is 25.7. The molecule has 0 aliphatic carbocycles. The zero-order valence-electron chi connectivity index (χ0n) is 22.4. The van der Waals surface area contributed by atoms with Crippen molar-refractivity contribution in [1.29, 1.82) is 0 Å². The molecule has 2 aromatic rings. The van der Waals surface area contributed by atoms with Crippen LogP contribution in [0.15, 0.2) is 66.4 Å². The number of hydrogen-bond acceptors (Lipinski definition) is 8. The van der Waals surface area contributed by atoms with Crippen LogP contribution < -0.4 is 4.90 Å². The first-order chi connectivity index (χ1) is 18.7. The first-order valence-corrected chi connectivity index (χ1v) is 13.3. The Kier molecular flexibility index (Phi) is 6.32. The average Bonchev–Trinajstić information content (AvgIpc) is 3.57. The summed E-state index contributed by atoms with van der Waals surface area (Å²) in [4.78, 5) is 44.7. The summed E-state index contributed by atoms with van der Waals surface area (Å²) >= 11 is 0. The highest BCUT2D eigenvalue weighted by Gasteiger charge is 2.66. The molecule has 6 atom stereocenters. The van der Waals surface area contributed by atoms with E-state index in [1.165, 1.54) is 4.90 Å². The number of aryl methyl sites for hydroxylation is 1. The summed E-state index contributed by atoms with van der Waals surface area (Å²) in [5, 5.41) is 0. The lowest BCUT2D eigenvalue weighted by Gasteiger charge is -2.33. The second-order valence-electron chi connectivity index (χ2n) is 10.9. The lowest BCUT2D eigenvalue weighted by Crippen LogP contribution is -2.49. The molecule has 204 valence electrons. The molecule has 3 saturated heterocycles. The molecule has 0 spiro atoms. The lowest BCUT2D eigenvalue weighted by molar-refractivity contribution is -0.184. The van der Waals surface area contributed by atoms with Gasteiger partial charge in [0.2, 0.25) is 18.1 Å². The van der Waals surface area contributed by atoms with Gasteiger partial charge in [0.25, 0.3) is 0 Å². The van der Waals surface area contributed by atoms with E-state index in [2.05, 4.69) is 0 Å². The van der Waals surface area contributed by atoms with Crippen LogP contribution in [0.25, 0.3) is 0 Å². The summed E-state index contributed by atoms with van der Waals surface area (Å²) in [6.07, 6.45) is 0.682. The van der Waals surface area contributed by atoms with E-state index in [4.69, 9.17) is 18.9 Å². The molecule has 4 heterocycles. The van der Waals surface area contributed by atoms with Gasteiger partial charge in [-0.2, -0.15) is 0 Å². The molecule has 9 heteroatoms. The molecule has 6 rings (SSSR count). The minimum Gasteiger partial charge on any atom is -0.465 e. The zero-order valence-corrected chi connectivity index (χ0v) is 22.4. The molecule has 3 fully saturated rings. The van der Waals surface area contributed by atoms with Gasteiger partial charge >= 0.3 is 5.97 Å². The van der Waals surface area contributed by atoms with E-state index in [9.17, 15) is 14.4 Å². The molecule has 0 aromatic heterocycles. The fourth-order valence-electron chi connectivity index (χ4n) is 6.22. The Hall–Kier alpha value is -3.53. The SMILES string of the molecule is CCOC(=O)[C@@H]1C2C(=O)N(c3ccc(C)cc3)C(=O)C2[C@@H](C2=C[C@H]3OC(C)(C)O[C@H]3O2)N1Cc1ccccc1. The molecule has 9 nitrogen and oxygen atoms in total. The first-order valence-electron chi connectivity index (χ1n) is 13.3. The number of likely N-dealkylation sites (tertiary alicyclic amines) is 1. The van der Waals surface area contributed by atoms with Gasteiger partial charge in [-0.05, 0) is 51.5 Å². The Morgan fingerprint density at radius 3 is 2.33 bits per heavy atom. The van der Waals surface area contributed by atoms with E-state index in [1.807, 2.05) is 74.2 Å². The predicted octanol–water partition coefficient (Wildman–Crippen LogP) is 3.31. The van der Waals surface area contributed by atoms with Crippen molar-refractivity contribution in [1.82, 2.24) is 4.90 Å². The standard InChI is InChI=1S/C30H32N2O7/c1-5-36-28(35)25-23-22(26(33)32(27(23)34)19-13-11-17(2)12-14-19)24(31(25)16-18-9-7-6-8-10-18)20-15-21-29(37-20)39-30(3,4)38-21/h6-15,21-25,29H,5,16H2,1-4H3/t21-,22?,23?,24-,25+,29-/m1/s1. The molecule has 4 aliphatic heterocycles. The molecule has 2 unspecified atom stereocenters. The van der Waals surface area contributed by atoms with Gasteiger partial charge in [-0.25, -0.2) is 4.90 Å². The van der Waals surface area contributed by atoms with E-state index in [0.29, 0.717) is 18.0 Å². The second kappa shape index (κ2) is 9.59. The van der Waals surface area contributed by atoms with Crippen LogP contribution in [-0.2, 0) is 39.9 Å². The summed E-state index contributed by atoms with van der Waals surface area (Å²) in [6.45, 7) is 7.75. The van der Waals surface area contributed by atoms with Crippen molar-refractivity contribution < 1.29 is 33.3 Å². The molecule has 0 N–H and O–H groups in total. The third-order valence-electron chi connectivity index (χ3n) is 7.78. The van der Waals surface area contributed by atoms with Gasteiger partial charge in [0.1, 0.15) is 17.9 Å². The molecule has 0 saturated carbocycles. The van der Waals surface area contributed by atoms with Crippen LogP contribution in [0.2, 0.25) is 0 Å². The third-order valence-corrected chi connectivity index (χ3v) is 7.78. The summed E-state index contributed by atoms with van der Waals surface area (Å²) in [6, 6.07) is 15.2. The number of ether oxygens (including phenoxy) is 4. The maximum absolute atomic E-state index is 14.1. The monoisotopic (exact) mass is 532 g/mol. The highest BCUT2D eigenvalue weighted by molar-refractivity contribution is 6.23. The summed E-state index contributed by atoms with van der Waals surface area (Å²) in [5.41, 5.74) is 2.42. The number of imide groups is 1. The van der Waals surface area contributed by atoms with Crippen molar-refractivity contribution in [3.8, 4) is 0 Å². The van der Waals surface area contributed by atoms with Crippen LogP contribution >= 0.6 is 0 Å². The summed E-state index contributed by atoms with van der Waals surface area (Å²) in [5.74, 6) is -3.46. The van der Waals surface area contributed by atoms with E-state index < -0.39 is 54.0 Å². The van der Waals surface area contributed by atoms with Crippen molar-refractivity contribution in [3.63, 3.8) is 0 Å². The van der Waals surface area contributed by atoms with Crippen molar-refractivity contribution in [2.75, 3.05) is 11.5 Å². The number of benzene rings is 2. The van der Waals surface area contributed by atoms with Crippen LogP contribution in [0.3, 0.4) is 0 Å². The molecular formula is C30H32N2O7. The Balaban J connectivity index is 1.44. The number of carbonyl (C=O) groups excluding carboxylic acids is 3. The Bertz CT molecular complexity index is 1320. The largest absolute Gasteiger partial charge is 0.465 e. The average molecular weight is 533 g/mol. The van der Waals surface area contributed by atoms with Gasteiger partial charge in [0.05, 0.1) is 30.2 Å². The summed E-state index contributed by atoms with van der Waals surface area (Å²) < 4.78 is 23.6. The molecule has 0 radical (unpaired) electrons. The quantitative estimate of drug-likeness (QED) is 0.413. The third kappa shape index (κ3) is 4.34. The molecule has 39 heavy (non-hydrogen) atoms. The molecule has 4 aliphatic rings. The van der Waals surface area contributed by atoms with E-state index >= 15 is 0 Å². The number of amides is 2. The van der Waals surface area contributed by atoms with E-state index in [1.54, 1.807) is 19.1 Å². The number of carbonyl (C=O) groups is 3. The van der Waals surface area contributed by atoms with E-state index in [0.717, 1.165) is 11.1 Å². The fraction of sp³-hybridized carbons (Fsp3) is 0.433. The number of rotatable bonds is 6. The predicted molar refractivity (Wildman–Crippen MR) is 140 cm³/mol. The van der Waals surface area contributed by atoms with Crippen molar-refractivity contribution >= 4 is 23.5 Å². The van der Waals surface area contributed by atoms with Gasteiger partial charge in [-0.15, -0.1) is 0 Å². The van der Waals surface area contributed by atoms with Gasteiger partial charge in [0.15, 0.2) is 5.79 Å². The molecule has 2 aromatic carbocycles. The van der Waals surface area contributed by atoms with Crippen molar-refractivity contribution in [2.45, 2.75) is 64.5 Å². The van der Waals surface area contributed by atoms with Crippen LogP contribution in [0.1, 0.15) is 31.9 Å². The summed E-state index contributed by atoms with van der Waals surface area (Å²) in [7, 11) is 0. The molecular weight excluding hydrogens is 500 g/mol. The number of fused-ring (bicyclic) bond motifs is 2. The Labute approximate surface area is 227 Å². The van der Waals surface area contributed by atoms with Crippen LogP contribution in [0.5, 0.6) is 0 Å². The topological polar surface area (TPSA) is 94.6 Å². The number of nitrogens with zero attached hydrogens (tertiary/aromatic N) is 2. The Morgan fingerprint density at radius 1 is 0.974 bits per heavy atom. The Morgan fingerprint density at radius 2 is 1.67 bits per heavy atom. The second-order valence-corrected chi connectivity index (χ2v) is 10.9. The highest BCUT2D eigenvalue weighted by atomic mass is 16.8. The van der Waals surface area contributed by atoms with Crippen LogP contribution in [0.4, 0.5) is 5.69 Å². The molecule has 2 amide bonds. The van der Waals surface area contributed by atoms with E-state index in [-0.39, 0.29) is 12.5 Å².